The van der Waals surface area contributed by atoms with Gasteiger partial charge in [0.25, 0.3) is 11.2 Å². The van der Waals surface area contributed by atoms with Crippen LogP contribution < -0.4 is 5.56 Å². The van der Waals surface area contributed by atoms with Gasteiger partial charge in [0.1, 0.15) is 11.3 Å². The van der Waals surface area contributed by atoms with Crippen LogP contribution in [-0.4, -0.2) is 19.5 Å². The Labute approximate surface area is 138 Å². The van der Waals surface area contributed by atoms with Gasteiger partial charge in [-0.2, -0.15) is 0 Å². The largest absolute Gasteiger partial charge is 0.327 e. The zero-order valence-electron chi connectivity index (χ0n) is 13.4. The molecule has 2 heterocycles. The molecule has 0 bridgehead atoms. The number of unbranched alkanes of at least 4 members (excludes halogenated alkanes) is 1. The third-order valence-corrected chi connectivity index (χ3v) is 3.99. The number of aryl methyl sites for hydroxylation is 1. The van der Waals surface area contributed by atoms with Crippen molar-refractivity contribution in [3.05, 3.63) is 68.4 Å². The summed E-state index contributed by atoms with van der Waals surface area (Å²) in [6.07, 6.45) is 4.41. The zero-order chi connectivity index (χ0) is 17.1. The van der Waals surface area contributed by atoms with E-state index in [9.17, 15) is 14.9 Å². The summed E-state index contributed by atoms with van der Waals surface area (Å²) in [5, 5.41) is 10.8. The number of nitro benzene ring substituents is 1. The minimum atomic E-state index is -0.423. The molecule has 0 aliphatic carbocycles. The average Bonchev–Trinajstić information content (AvgIpc) is 2.92. The standard InChI is InChI=1S/C17H18N4O3/c1-2-3-4-15-19-14-9-10-18-17(22)16(14)20(15)11-12-5-7-13(8-6-12)21(23)24/h5-10H,2-4,11H2,1H3,(H,18,22). The Hall–Kier alpha value is -2.96. The van der Waals surface area contributed by atoms with Gasteiger partial charge in [-0.15, -0.1) is 0 Å². The zero-order valence-corrected chi connectivity index (χ0v) is 13.4. The first-order chi connectivity index (χ1) is 11.6. The summed E-state index contributed by atoms with van der Waals surface area (Å²) in [7, 11) is 0. The summed E-state index contributed by atoms with van der Waals surface area (Å²) < 4.78 is 1.91. The maximum Gasteiger partial charge on any atom is 0.274 e. The van der Waals surface area contributed by atoms with E-state index in [1.807, 2.05) is 4.57 Å². The molecule has 0 spiro atoms. The Bertz CT molecular complexity index is 925. The lowest BCUT2D eigenvalue weighted by atomic mass is 10.2. The molecule has 2 aromatic heterocycles. The fraction of sp³-hybridized carbons (Fsp3) is 0.294. The number of pyridine rings is 1. The summed E-state index contributed by atoms with van der Waals surface area (Å²) in [5.41, 5.74) is 1.98. The number of nitrogens with zero attached hydrogens (tertiary/aromatic N) is 3. The molecule has 0 unspecified atom stereocenters. The Morgan fingerprint density at radius 2 is 2.00 bits per heavy atom. The van der Waals surface area contributed by atoms with Gasteiger partial charge in [0.2, 0.25) is 0 Å². The van der Waals surface area contributed by atoms with Gasteiger partial charge in [0.15, 0.2) is 0 Å². The lowest BCUT2D eigenvalue weighted by molar-refractivity contribution is -0.384. The lowest BCUT2D eigenvalue weighted by Crippen LogP contribution is -2.13. The van der Waals surface area contributed by atoms with Crippen LogP contribution in [0.4, 0.5) is 5.69 Å². The van der Waals surface area contributed by atoms with E-state index in [0.29, 0.717) is 17.6 Å². The summed E-state index contributed by atoms with van der Waals surface area (Å²) in [4.78, 5) is 29.8. The van der Waals surface area contributed by atoms with Gasteiger partial charge in [0.05, 0.1) is 10.4 Å². The number of non-ortho nitro benzene ring substituents is 1. The third-order valence-electron chi connectivity index (χ3n) is 3.99. The molecule has 0 atom stereocenters. The average molecular weight is 326 g/mol. The molecule has 124 valence electrons. The van der Waals surface area contributed by atoms with E-state index in [1.54, 1.807) is 24.4 Å². The molecule has 0 saturated heterocycles. The van der Waals surface area contributed by atoms with Crippen LogP contribution >= 0.6 is 0 Å². The molecule has 0 saturated carbocycles. The molecule has 0 aliphatic rings. The number of nitro groups is 1. The van der Waals surface area contributed by atoms with E-state index in [0.717, 1.165) is 30.7 Å². The highest BCUT2D eigenvalue weighted by Crippen LogP contribution is 2.18. The number of aromatic nitrogens is 3. The Balaban J connectivity index is 2.03. The van der Waals surface area contributed by atoms with Crippen molar-refractivity contribution in [2.24, 2.45) is 0 Å². The van der Waals surface area contributed by atoms with Crippen LogP contribution in [0.1, 0.15) is 31.2 Å². The van der Waals surface area contributed by atoms with Crippen molar-refractivity contribution in [3.63, 3.8) is 0 Å². The molecule has 3 aromatic rings. The highest BCUT2D eigenvalue weighted by molar-refractivity contribution is 5.74. The highest BCUT2D eigenvalue weighted by atomic mass is 16.6. The van der Waals surface area contributed by atoms with Crippen molar-refractivity contribution >= 4 is 16.7 Å². The topological polar surface area (TPSA) is 93.8 Å². The number of H-pyrrole nitrogens is 1. The smallest absolute Gasteiger partial charge is 0.274 e. The quantitative estimate of drug-likeness (QED) is 0.556. The van der Waals surface area contributed by atoms with Gasteiger partial charge < -0.3 is 9.55 Å². The number of aromatic amines is 1. The Morgan fingerprint density at radius 1 is 1.25 bits per heavy atom. The maximum atomic E-state index is 12.2. The SMILES string of the molecule is CCCCc1nc2cc[nH]c(=O)c2n1Cc1ccc([N+](=O)[O-])cc1. The van der Waals surface area contributed by atoms with Crippen molar-refractivity contribution < 1.29 is 4.92 Å². The van der Waals surface area contributed by atoms with Gasteiger partial charge in [0, 0.05) is 31.3 Å². The van der Waals surface area contributed by atoms with Gasteiger partial charge >= 0.3 is 0 Å². The van der Waals surface area contributed by atoms with Crippen LogP contribution in [0.15, 0.2) is 41.3 Å². The minimum absolute atomic E-state index is 0.0540. The number of nitrogens with one attached hydrogen (secondary N) is 1. The molecule has 1 N–H and O–H groups in total. The first-order valence-electron chi connectivity index (χ1n) is 7.90. The molecule has 1 aromatic carbocycles. The minimum Gasteiger partial charge on any atom is -0.327 e. The Morgan fingerprint density at radius 3 is 2.67 bits per heavy atom. The maximum absolute atomic E-state index is 12.2. The molecule has 7 heteroatoms. The van der Waals surface area contributed by atoms with E-state index >= 15 is 0 Å². The number of hydrogen-bond acceptors (Lipinski definition) is 4. The van der Waals surface area contributed by atoms with E-state index in [2.05, 4.69) is 16.9 Å². The van der Waals surface area contributed by atoms with Crippen LogP contribution in [-0.2, 0) is 13.0 Å². The van der Waals surface area contributed by atoms with E-state index in [4.69, 9.17) is 0 Å². The molecule has 24 heavy (non-hydrogen) atoms. The van der Waals surface area contributed by atoms with Crippen LogP contribution in [0.5, 0.6) is 0 Å². The fourth-order valence-electron chi connectivity index (χ4n) is 2.74. The number of imidazole rings is 1. The summed E-state index contributed by atoms with van der Waals surface area (Å²) in [6.45, 7) is 2.57. The molecular formula is C17H18N4O3. The lowest BCUT2D eigenvalue weighted by Gasteiger charge is -2.08. The highest BCUT2D eigenvalue weighted by Gasteiger charge is 2.14. The first kappa shape index (κ1) is 15.9. The molecule has 0 amide bonds. The van der Waals surface area contributed by atoms with Gasteiger partial charge in [-0.1, -0.05) is 25.5 Å². The van der Waals surface area contributed by atoms with Crippen LogP contribution in [0.25, 0.3) is 11.0 Å². The van der Waals surface area contributed by atoms with Crippen molar-refractivity contribution in [1.29, 1.82) is 0 Å². The number of hydrogen-bond donors (Lipinski definition) is 1. The van der Waals surface area contributed by atoms with Gasteiger partial charge in [-0.3, -0.25) is 14.9 Å². The molecule has 0 fully saturated rings. The normalized spacial score (nSPS) is 11.0. The second-order valence-electron chi connectivity index (χ2n) is 5.68. The molecule has 7 nitrogen and oxygen atoms in total. The number of rotatable bonds is 6. The first-order valence-corrected chi connectivity index (χ1v) is 7.90. The molecular weight excluding hydrogens is 308 g/mol. The third kappa shape index (κ3) is 3.05. The second-order valence-corrected chi connectivity index (χ2v) is 5.68. The number of benzene rings is 1. The van der Waals surface area contributed by atoms with Crippen molar-refractivity contribution in [2.75, 3.05) is 0 Å². The second kappa shape index (κ2) is 6.66. The van der Waals surface area contributed by atoms with E-state index in [-0.39, 0.29) is 11.2 Å². The van der Waals surface area contributed by atoms with Crippen LogP contribution in [0.3, 0.4) is 0 Å². The van der Waals surface area contributed by atoms with E-state index in [1.165, 1.54) is 12.1 Å². The van der Waals surface area contributed by atoms with Crippen LogP contribution in [0.2, 0.25) is 0 Å². The summed E-state index contributed by atoms with van der Waals surface area (Å²) in [5.74, 6) is 0.863. The van der Waals surface area contributed by atoms with Crippen molar-refractivity contribution in [2.45, 2.75) is 32.7 Å². The van der Waals surface area contributed by atoms with Crippen molar-refractivity contribution in [3.8, 4) is 0 Å². The fourth-order valence-corrected chi connectivity index (χ4v) is 2.74. The van der Waals surface area contributed by atoms with E-state index < -0.39 is 4.92 Å². The number of fused-ring (bicyclic) bond motifs is 1. The summed E-state index contributed by atoms with van der Waals surface area (Å²) >= 11 is 0. The molecule has 0 aliphatic heterocycles. The summed E-state index contributed by atoms with van der Waals surface area (Å²) in [6, 6.07) is 8.17. The van der Waals surface area contributed by atoms with Gasteiger partial charge in [-0.25, -0.2) is 4.98 Å². The monoisotopic (exact) mass is 326 g/mol. The van der Waals surface area contributed by atoms with Gasteiger partial charge in [-0.05, 0) is 18.1 Å². The molecule has 0 radical (unpaired) electrons. The molecule has 3 rings (SSSR count). The predicted octanol–water partition coefficient (Wildman–Crippen LogP) is 3.02. The predicted molar refractivity (Wildman–Crippen MR) is 91.2 cm³/mol. The van der Waals surface area contributed by atoms with Crippen molar-refractivity contribution in [1.82, 2.24) is 14.5 Å². The Kier molecular flexibility index (Phi) is 4.41. The van der Waals surface area contributed by atoms with Crippen LogP contribution in [0, 0.1) is 10.1 Å².